The fraction of sp³-hybridized carbons (Fsp3) is 0.919. The topological polar surface area (TPSA) is 95.9 Å². The highest BCUT2D eigenvalue weighted by atomic mass is 16.5. The summed E-state index contributed by atoms with van der Waals surface area (Å²) in [6.07, 6.45) is 88.0. The first-order valence-corrected chi connectivity index (χ1v) is 36.6. The van der Waals surface area contributed by atoms with Gasteiger partial charge in [-0.05, 0) is 57.8 Å². The van der Waals surface area contributed by atoms with E-state index in [2.05, 4.69) is 43.5 Å². The lowest BCUT2D eigenvalue weighted by molar-refractivity contribution is -0.143. The van der Waals surface area contributed by atoms with E-state index in [-0.39, 0.29) is 18.5 Å². The monoisotopic (exact) mass is 1130 g/mol. The van der Waals surface area contributed by atoms with Crippen LogP contribution in [0.1, 0.15) is 412 Å². The van der Waals surface area contributed by atoms with Gasteiger partial charge in [0.25, 0.3) is 0 Å². The van der Waals surface area contributed by atoms with Crippen LogP contribution in [0.25, 0.3) is 0 Å². The molecule has 0 spiro atoms. The van der Waals surface area contributed by atoms with E-state index in [0.29, 0.717) is 25.9 Å². The number of aliphatic hydroxyl groups excluding tert-OH is 2. The maximum Gasteiger partial charge on any atom is 0.305 e. The zero-order valence-corrected chi connectivity index (χ0v) is 54.3. The molecule has 474 valence electrons. The average Bonchev–Trinajstić information content (AvgIpc) is 3.46. The molecule has 0 aromatic heterocycles. The number of amides is 1. The van der Waals surface area contributed by atoms with Crippen molar-refractivity contribution in [3.8, 4) is 0 Å². The molecule has 0 aromatic carbocycles. The van der Waals surface area contributed by atoms with Crippen molar-refractivity contribution in [3.05, 3.63) is 24.3 Å². The number of carbonyl (C=O) groups excluding carboxylic acids is 2. The number of rotatable bonds is 69. The Balaban J connectivity index is 3.42. The van der Waals surface area contributed by atoms with Gasteiger partial charge in [0.05, 0.1) is 25.4 Å². The minimum Gasteiger partial charge on any atom is -0.466 e. The van der Waals surface area contributed by atoms with Crippen LogP contribution in [0.2, 0.25) is 0 Å². The second-order valence-electron chi connectivity index (χ2n) is 25.3. The van der Waals surface area contributed by atoms with Crippen molar-refractivity contribution < 1.29 is 24.5 Å². The zero-order valence-electron chi connectivity index (χ0n) is 54.3. The van der Waals surface area contributed by atoms with E-state index in [9.17, 15) is 19.8 Å². The van der Waals surface area contributed by atoms with Crippen LogP contribution >= 0.6 is 0 Å². The third-order valence-corrected chi connectivity index (χ3v) is 17.3. The number of ether oxygens (including phenoxy) is 1. The van der Waals surface area contributed by atoms with Crippen LogP contribution in [0.5, 0.6) is 0 Å². The molecule has 2 atom stereocenters. The van der Waals surface area contributed by atoms with Crippen molar-refractivity contribution in [2.45, 2.75) is 424 Å². The molecular weight excluding hydrogens is 983 g/mol. The SMILES string of the molecule is CCCCCCCCCCCCCCCCCCCCCCCC(O)C(CO)NC(=O)CCCCCCCCC/C=C\C/C=C\CCCCCCCCCCCOC(=O)CCCCCCCCCCCCCCCCCCCCC. The Hall–Kier alpha value is -1.66. The van der Waals surface area contributed by atoms with Crippen molar-refractivity contribution >= 4 is 11.9 Å². The predicted octanol–water partition coefficient (Wildman–Crippen LogP) is 23.7. The number of allylic oxidation sites excluding steroid dienone is 4. The van der Waals surface area contributed by atoms with Gasteiger partial charge in [0.15, 0.2) is 0 Å². The number of nitrogens with one attached hydrogen (secondary N) is 1. The summed E-state index contributed by atoms with van der Waals surface area (Å²) < 4.78 is 5.51. The lowest BCUT2D eigenvalue weighted by Gasteiger charge is -2.22. The van der Waals surface area contributed by atoms with Gasteiger partial charge in [0.1, 0.15) is 0 Å². The largest absolute Gasteiger partial charge is 0.466 e. The molecule has 0 aliphatic heterocycles. The summed E-state index contributed by atoms with van der Waals surface area (Å²) >= 11 is 0. The van der Waals surface area contributed by atoms with Crippen LogP contribution in [0, 0.1) is 0 Å². The molecular formula is C74H143NO5. The Labute approximate surface area is 501 Å². The van der Waals surface area contributed by atoms with Crippen LogP contribution in [0.3, 0.4) is 0 Å². The minimum atomic E-state index is -0.672. The molecule has 0 bridgehead atoms. The maximum atomic E-state index is 12.5. The number of carbonyl (C=O) groups is 2. The van der Waals surface area contributed by atoms with Crippen LogP contribution in [-0.4, -0.2) is 47.4 Å². The summed E-state index contributed by atoms with van der Waals surface area (Å²) in [5.41, 5.74) is 0. The average molecular weight is 1130 g/mol. The van der Waals surface area contributed by atoms with Gasteiger partial charge >= 0.3 is 5.97 Å². The second-order valence-corrected chi connectivity index (χ2v) is 25.3. The predicted molar refractivity (Wildman–Crippen MR) is 352 cm³/mol. The third-order valence-electron chi connectivity index (χ3n) is 17.3. The van der Waals surface area contributed by atoms with Crippen molar-refractivity contribution in [2.75, 3.05) is 13.2 Å². The van der Waals surface area contributed by atoms with Crippen LogP contribution in [-0.2, 0) is 14.3 Å². The zero-order chi connectivity index (χ0) is 57.8. The fourth-order valence-corrected chi connectivity index (χ4v) is 11.7. The van der Waals surface area contributed by atoms with E-state index >= 15 is 0 Å². The van der Waals surface area contributed by atoms with Gasteiger partial charge in [0.2, 0.25) is 5.91 Å². The van der Waals surface area contributed by atoms with E-state index < -0.39 is 12.1 Å². The highest BCUT2D eigenvalue weighted by Gasteiger charge is 2.20. The Morgan fingerprint density at radius 2 is 0.625 bits per heavy atom. The number of aliphatic hydroxyl groups is 2. The van der Waals surface area contributed by atoms with Crippen LogP contribution < -0.4 is 5.32 Å². The molecule has 0 heterocycles. The maximum absolute atomic E-state index is 12.5. The number of esters is 1. The standard InChI is InChI=1S/C74H143NO5/c1-3-5-7-9-11-13-15-17-19-21-23-27-31-34-38-42-46-50-54-58-62-66-72(77)71(70-76)75-73(78)67-63-59-55-51-47-43-39-35-32-28-25-24-26-29-33-37-41-45-49-53-57-61-65-69-80-74(79)68-64-60-56-52-48-44-40-36-30-22-20-18-16-14-12-10-8-6-4-2/h24,26,28,32,71-72,76-77H,3-23,25,27,29-31,33-70H2,1-2H3,(H,75,78)/b26-24-,32-28-. The summed E-state index contributed by atoms with van der Waals surface area (Å²) in [4.78, 5) is 24.7. The molecule has 0 radical (unpaired) electrons. The smallest absolute Gasteiger partial charge is 0.305 e. The summed E-state index contributed by atoms with van der Waals surface area (Å²) in [5, 5.41) is 23.4. The second kappa shape index (κ2) is 69.8. The normalized spacial score (nSPS) is 12.6. The lowest BCUT2D eigenvalue weighted by Crippen LogP contribution is -2.45. The first-order chi connectivity index (χ1) is 39.5. The number of hydrogen-bond donors (Lipinski definition) is 3. The summed E-state index contributed by atoms with van der Waals surface area (Å²) in [6, 6.07) is -0.550. The van der Waals surface area contributed by atoms with Gasteiger partial charge in [-0.1, -0.05) is 366 Å². The van der Waals surface area contributed by atoms with Gasteiger partial charge in [-0.15, -0.1) is 0 Å². The van der Waals surface area contributed by atoms with Gasteiger partial charge in [-0.2, -0.15) is 0 Å². The summed E-state index contributed by atoms with van der Waals surface area (Å²) in [5.74, 6) is -0.0281. The molecule has 0 saturated carbocycles. The highest BCUT2D eigenvalue weighted by molar-refractivity contribution is 5.76. The molecule has 0 rings (SSSR count). The van der Waals surface area contributed by atoms with Gasteiger partial charge < -0.3 is 20.3 Å². The Morgan fingerprint density at radius 1 is 0.350 bits per heavy atom. The summed E-state index contributed by atoms with van der Waals surface area (Å²) in [7, 11) is 0. The Kier molecular flexibility index (Phi) is 68.4. The van der Waals surface area contributed by atoms with Crippen molar-refractivity contribution in [1.29, 1.82) is 0 Å². The molecule has 0 aliphatic rings. The molecule has 2 unspecified atom stereocenters. The van der Waals surface area contributed by atoms with Crippen LogP contribution in [0.15, 0.2) is 24.3 Å². The quantitative estimate of drug-likeness (QED) is 0.0320. The van der Waals surface area contributed by atoms with E-state index in [1.165, 1.54) is 334 Å². The van der Waals surface area contributed by atoms with Gasteiger partial charge in [0, 0.05) is 12.8 Å². The fourth-order valence-electron chi connectivity index (χ4n) is 11.7. The molecule has 0 saturated heterocycles. The van der Waals surface area contributed by atoms with Gasteiger partial charge in [-0.25, -0.2) is 0 Å². The van der Waals surface area contributed by atoms with Crippen LogP contribution in [0.4, 0.5) is 0 Å². The lowest BCUT2D eigenvalue weighted by atomic mass is 10.0. The molecule has 6 nitrogen and oxygen atoms in total. The number of hydrogen-bond acceptors (Lipinski definition) is 5. The Morgan fingerprint density at radius 3 is 0.950 bits per heavy atom. The summed E-state index contributed by atoms with van der Waals surface area (Å²) in [6.45, 7) is 4.99. The Bertz CT molecular complexity index is 1250. The molecule has 80 heavy (non-hydrogen) atoms. The molecule has 0 aromatic rings. The van der Waals surface area contributed by atoms with E-state index in [1.807, 2.05) is 0 Å². The molecule has 0 aliphatic carbocycles. The van der Waals surface area contributed by atoms with E-state index in [0.717, 1.165) is 44.9 Å². The first kappa shape index (κ1) is 78.3. The van der Waals surface area contributed by atoms with Crippen molar-refractivity contribution in [3.63, 3.8) is 0 Å². The van der Waals surface area contributed by atoms with Crippen molar-refractivity contribution in [2.24, 2.45) is 0 Å². The minimum absolute atomic E-state index is 0.0129. The molecule has 1 amide bonds. The number of unbranched alkanes of at least 4 members (excludes halogenated alkanes) is 54. The first-order valence-electron chi connectivity index (χ1n) is 36.6. The molecule has 3 N–H and O–H groups in total. The van der Waals surface area contributed by atoms with E-state index in [1.54, 1.807) is 0 Å². The van der Waals surface area contributed by atoms with Gasteiger partial charge in [-0.3, -0.25) is 9.59 Å². The highest BCUT2D eigenvalue weighted by Crippen LogP contribution is 2.19. The third kappa shape index (κ3) is 65.5. The molecule has 0 fully saturated rings. The van der Waals surface area contributed by atoms with E-state index in [4.69, 9.17) is 4.74 Å². The van der Waals surface area contributed by atoms with Crippen molar-refractivity contribution in [1.82, 2.24) is 5.32 Å². The molecule has 6 heteroatoms.